The third-order valence-corrected chi connectivity index (χ3v) is 10.6. The molecule has 3 aromatic carbocycles. The van der Waals surface area contributed by atoms with Crippen molar-refractivity contribution in [1.29, 1.82) is 0 Å². The number of halogens is 4. The van der Waals surface area contributed by atoms with Gasteiger partial charge in [-0.05, 0) is 69.7 Å². The lowest BCUT2D eigenvalue weighted by Gasteiger charge is -2.54. The zero-order valence-electron chi connectivity index (χ0n) is 19.7. The number of hydrogen-bond donors (Lipinski definition) is 1. The number of hydrogen-bond acceptors (Lipinski definition) is 3. The summed E-state index contributed by atoms with van der Waals surface area (Å²) >= 11 is 24.6. The fourth-order valence-electron chi connectivity index (χ4n) is 6.21. The molecular weight excluding hydrogens is 599 g/mol. The van der Waals surface area contributed by atoms with Crippen molar-refractivity contribution in [2.45, 2.75) is 29.6 Å². The minimum absolute atomic E-state index is 0.463. The standard InChI is InChI=1S/C28H20BrCl3N2O3/c1-13-20(12-11-19(29)23(13)30)33-24(35)14(2)34-25(36)21-22(26(34)37)28(32)16-8-4-3-7-15(16)27(21,31)17-9-5-6-10-18(17)28/h3-12,14,21-22H,1-2H3,(H,33,35)/t14-,21-,22+,27?,28?/m0/s1. The van der Waals surface area contributed by atoms with Crippen LogP contribution in [0.5, 0.6) is 0 Å². The quantitative estimate of drug-likeness (QED) is 0.276. The van der Waals surface area contributed by atoms with Gasteiger partial charge in [-0.1, -0.05) is 60.1 Å². The number of rotatable bonds is 3. The van der Waals surface area contributed by atoms with Gasteiger partial charge in [0.1, 0.15) is 15.8 Å². The van der Waals surface area contributed by atoms with Gasteiger partial charge in [-0.25, -0.2) is 0 Å². The summed E-state index contributed by atoms with van der Waals surface area (Å²) in [6.45, 7) is 3.30. The average Bonchev–Trinajstić information content (AvgIpc) is 3.18. The lowest BCUT2D eigenvalue weighted by Crippen LogP contribution is -2.57. The number of imide groups is 1. The first kappa shape index (κ1) is 24.9. The summed E-state index contributed by atoms with van der Waals surface area (Å²) < 4.78 is 0.695. The zero-order chi connectivity index (χ0) is 26.4. The number of benzene rings is 3. The second-order valence-electron chi connectivity index (χ2n) is 9.72. The predicted molar refractivity (Wildman–Crippen MR) is 147 cm³/mol. The molecule has 0 aromatic heterocycles. The second-order valence-corrected chi connectivity index (χ2v) is 12.1. The summed E-state index contributed by atoms with van der Waals surface area (Å²) in [6, 6.07) is 17.2. The number of nitrogens with zero attached hydrogens (tertiary/aromatic N) is 1. The van der Waals surface area contributed by atoms with Crippen LogP contribution in [0.25, 0.3) is 0 Å². The van der Waals surface area contributed by atoms with Crippen LogP contribution in [0.1, 0.15) is 34.7 Å². The Kier molecular flexibility index (Phi) is 5.60. The van der Waals surface area contributed by atoms with Gasteiger partial charge in [-0.15, -0.1) is 23.2 Å². The van der Waals surface area contributed by atoms with E-state index in [2.05, 4.69) is 21.2 Å². The van der Waals surface area contributed by atoms with Crippen molar-refractivity contribution in [3.8, 4) is 0 Å². The molecule has 3 aliphatic carbocycles. The fraction of sp³-hybridized carbons (Fsp3) is 0.250. The van der Waals surface area contributed by atoms with Crippen molar-refractivity contribution in [2.24, 2.45) is 11.8 Å². The summed E-state index contributed by atoms with van der Waals surface area (Å²) in [5.41, 5.74) is 4.01. The molecule has 9 heteroatoms. The van der Waals surface area contributed by atoms with Crippen LogP contribution in [0, 0.1) is 18.8 Å². The van der Waals surface area contributed by atoms with E-state index in [9.17, 15) is 14.4 Å². The normalized spacial score (nSPS) is 28.0. The van der Waals surface area contributed by atoms with Crippen LogP contribution in [0.15, 0.2) is 65.1 Å². The van der Waals surface area contributed by atoms with Crippen molar-refractivity contribution in [1.82, 2.24) is 4.90 Å². The number of amides is 3. The van der Waals surface area contributed by atoms with Gasteiger partial charge >= 0.3 is 0 Å². The molecule has 1 aliphatic heterocycles. The van der Waals surface area contributed by atoms with Crippen molar-refractivity contribution >= 4 is 74.1 Å². The number of carbonyl (C=O) groups excluding carboxylic acids is 3. The molecule has 1 saturated heterocycles. The Balaban J connectivity index is 1.43. The molecular formula is C28H20BrCl3N2O3. The molecule has 1 N–H and O–H groups in total. The number of anilines is 1. The largest absolute Gasteiger partial charge is 0.324 e. The van der Waals surface area contributed by atoms with Gasteiger partial charge < -0.3 is 5.32 Å². The van der Waals surface area contributed by atoms with Crippen LogP contribution in [0.2, 0.25) is 5.02 Å². The van der Waals surface area contributed by atoms with Crippen LogP contribution >= 0.6 is 50.7 Å². The van der Waals surface area contributed by atoms with Crippen LogP contribution in [0.3, 0.4) is 0 Å². The van der Waals surface area contributed by atoms with E-state index >= 15 is 0 Å². The fourth-order valence-corrected chi connectivity index (χ4v) is 7.90. The Labute approximate surface area is 237 Å². The number of nitrogens with one attached hydrogen (secondary N) is 1. The molecule has 0 saturated carbocycles. The molecule has 0 radical (unpaired) electrons. The van der Waals surface area contributed by atoms with Crippen LogP contribution < -0.4 is 5.32 Å². The molecule has 3 atom stereocenters. The van der Waals surface area contributed by atoms with Gasteiger partial charge in [0.05, 0.1) is 16.9 Å². The third kappa shape index (κ3) is 3.07. The van der Waals surface area contributed by atoms with Crippen molar-refractivity contribution in [3.63, 3.8) is 0 Å². The lowest BCUT2D eigenvalue weighted by molar-refractivity contribution is -0.146. The topological polar surface area (TPSA) is 66.5 Å². The Hall–Kier alpha value is -2.38. The third-order valence-electron chi connectivity index (χ3n) is 7.98. The van der Waals surface area contributed by atoms with Crippen molar-refractivity contribution in [3.05, 3.63) is 98.0 Å². The maximum Gasteiger partial charge on any atom is 0.247 e. The van der Waals surface area contributed by atoms with Crippen LogP contribution in [-0.2, 0) is 24.1 Å². The first-order valence-electron chi connectivity index (χ1n) is 11.7. The second kappa shape index (κ2) is 8.31. The van der Waals surface area contributed by atoms with E-state index in [0.717, 1.165) is 4.90 Å². The first-order chi connectivity index (χ1) is 17.5. The van der Waals surface area contributed by atoms with E-state index in [-0.39, 0.29) is 0 Å². The number of carbonyl (C=O) groups is 3. The van der Waals surface area contributed by atoms with Crippen molar-refractivity contribution in [2.75, 3.05) is 5.32 Å². The molecule has 3 aromatic rings. The summed E-state index contributed by atoms with van der Waals surface area (Å²) in [7, 11) is 0. The maximum absolute atomic E-state index is 14.0. The van der Waals surface area contributed by atoms with Gasteiger partial charge in [-0.3, -0.25) is 19.3 Å². The molecule has 0 spiro atoms. The molecule has 4 aliphatic rings. The van der Waals surface area contributed by atoms with E-state index in [4.69, 9.17) is 34.8 Å². The molecule has 5 nitrogen and oxygen atoms in total. The highest BCUT2D eigenvalue weighted by molar-refractivity contribution is 9.10. The van der Waals surface area contributed by atoms with E-state index in [1.807, 2.05) is 48.5 Å². The Morgan fingerprint density at radius 2 is 1.32 bits per heavy atom. The van der Waals surface area contributed by atoms with E-state index in [1.54, 1.807) is 19.1 Å². The maximum atomic E-state index is 14.0. The van der Waals surface area contributed by atoms with Crippen molar-refractivity contribution < 1.29 is 14.4 Å². The van der Waals surface area contributed by atoms with Crippen LogP contribution in [0.4, 0.5) is 5.69 Å². The van der Waals surface area contributed by atoms with Gasteiger partial charge in [0.25, 0.3) is 0 Å². The molecule has 0 unspecified atom stereocenters. The highest BCUT2D eigenvalue weighted by Crippen LogP contribution is 2.69. The van der Waals surface area contributed by atoms with E-state index < -0.39 is 45.3 Å². The lowest BCUT2D eigenvalue weighted by atomic mass is 9.54. The highest BCUT2D eigenvalue weighted by Gasteiger charge is 2.73. The van der Waals surface area contributed by atoms with E-state index in [1.165, 1.54) is 6.92 Å². The minimum Gasteiger partial charge on any atom is -0.324 e. The predicted octanol–water partition coefficient (Wildman–Crippen LogP) is 6.33. The molecule has 7 rings (SSSR count). The monoisotopic (exact) mass is 616 g/mol. The van der Waals surface area contributed by atoms with Gasteiger partial charge in [0.15, 0.2) is 0 Å². The van der Waals surface area contributed by atoms with Crippen LogP contribution in [-0.4, -0.2) is 28.7 Å². The SMILES string of the molecule is Cc1c(NC(=O)[C@H](C)N2C(=O)[C@@H]3[C@H](C2=O)C2(Cl)c4ccccc4C3(Cl)c3ccccc32)ccc(Br)c1Cl. The molecule has 2 bridgehead atoms. The summed E-state index contributed by atoms with van der Waals surface area (Å²) in [5.74, 6) is -3.44. The first-order valence-corrected chi connectivity index (χ1v) is 13.7. The number of alkyl halides is 2. The Bertz CT molecular complexity index is 1420. The molecule has 1 heterocycles. The highest BCUT2D eigenvalue weighted by atomic mass is 79.9. The summed E-state index contributed by atoms with van der Waals surface area (Å²) in [6.07, 6.45) is 0. The van der Waals surface area contributed by atoms with E-state index in [0.29, 0.717) is 43.0 Å². The molecule has 1 fully saturated rings. The summed E-state index contributed by atoms with van der Waals surface area (Å²) in [5, 5.41) is 3.28. The summed E-state index contributed by atoms with van der Waals surface area (Å²) in [4.78, 5) is 39.8. The van der Waals surface area contributed by atoms with Gasteiger partial charge in [-0.2, -0.15) is 0 Å². The smallest absolute Gasteiger partial charge is 0.247 e. The molecule has 3 amide bonds. The Morgan fingerprint density at radius 1 is 0.892 bits per heavy atom. The molecule has 188 valence electrons. The minimum atomic E-state index is -1.29. The number of likely N-dealkylation sites (tertiary alicyclic amines) is 1. The zero-order valence-corrected chi connectivity index (χ0v) is 23.5. The molecule has 37 heavy (non-hydrogen) atoms. The Morgan fingerprint density at radius 3 is 1.76 bits per heavy atom. The van der Waals surface area contributed by atoms with Gasteiger partial charge in [0, 0.05) is 10.2 Å². The average molecular weight is 619 g/mol. The van der Waals surface area contributed by atoms with Gasteiger partial charge in [0.2, 0.25) is 17.7 Å².